The van der Waals surface area contributed by atoms with E-state index in [9.17, 15) is 13.2 Å². The molecule has 0 saturated heterocycles. The summed E-state index contributed by atoms with van der Waals surface area (Å²) in [4.78, 5) is 13.0. The fraction of sp³-hybridized carbons (Fsp3) is 0.174. The van der Waals surface area contributed by atoms with Crippen LogP contribution in [0.1, 0.15) is 18.5 Å². The lowest BCUT2D eigenvalue weighted by molar-refractivity contribution is -0.120. The Balaban J connectivity index is 1.94. The van der Waals surface area contributed by atoms with Crippen LogP contribution in [0.3, 0.4) is 0 Å². The largest absolute Gasteiger partial charge is 0.496 e. The van der Waals surface area contributed by atoms with Gasteiger partial charge in [-0.1, -0.05) is 65.7 Å². The van der Waals surface area contributed by atoms with E-state index in [1.54, 1.807) is 50.4 Å². The van der Waals surface area contributed by atoms with E-state index in [-0.39, 0.29) is 20.6 Å². The van der Waals surface area contributed by atoms with Gasteiger partial charge in [0.05, 0.1) is 33.8 Å². The number of hydrogen-bond acceptors (Lipinski definition) is 4. The number of benzene rings is 3. The standard InChI is InChI=1S/C23H22Cl2N2O4S/c1-16(18-11-6-7-14-21(18)31-2)26-22(28)15-27(20-13-8-12-19(24)23(20)25)32(29,30)17-9-4-3-5-10-17/h3-14,16H,15H2,1-2H3,(H,26,28). The molecule has 0 fully saturated rings. The van der Waals surface area contributed by atoms with E-state index < -0.39 is 28.5 Å². The quantitative estimate of drug-likeness (QED) is 0.475. The third-order valence-electron chi connectivity index (χ3n) is 4.80. The van der Waals surface area contributed by atoms with E-state index in [4.69, 9.17) is 27.9 Å². The van der Waals surface area contributed by atoms with Crippen molar-refractivity contribution in [3.8, 4) is 5.75 Å². The molecule has 0 aromatic heterocycles. The van der Waals surface area contributed by atoms with Gasteiger partial charge in [-0.2, -0.15) is 0 Å². The van der Waals surface area contributed by atoms with Crippen molar-refractivity contribution in [3.63, 3.8) is 0 Å². The molecular weight excluding hydrogens is 471 g/mol. The van der Waals surface area contributed by atoms with Crippen LogP contribution in [0.15, 0.2) is 77.7 Å². The lowest BCUT2D eigenvalue weighted by atomic mass is 10.1. The van der Waals surface area contributed by atoms with Gasteiger partial charge in [0.1, 0.15) is 12.3 Å². The Kier molecular flexibility index (Phi) is 7.66. The molecule has 32 heavy (non-hydrogen) atoms. The number of methoxy groups -OCH3 is 1. The van der Waals surface area contributed by atoms with Gasteiger partial charge < -0.3 is 10.1 Å². The van der Waals surface area contributed by atoms with Crippen LogP contribution in [0.5, 0.6) is 5.75 Å². The molecule has 0 bridgehead atoms. The number of nitrogens with zero attached hydrogens (tertiary/aromatic N) is 1. The molecule has 9 heteroatoms. The zero-order valence-corrected chi connectivity index (χ0v) is 19.8. The summed E-state index contributed by atoms with van der Waals surface area (Å²) >= 11 is 12.4. The Morgan fingerprint density at radius 1 is 1.00 bits per heavy atom. The van der Waals surface area contributed by atoms with Crippen LogP contribution in [0.2, 0.25) is 10.0 Å². The highest BCUT2D eigenvalue weighted by molar-refractivity contribution is 7.92. The molecular formula is C23H22Cl2N2O4S. The van der Waals surface area contributed by atoms with Crippen LogP contribution in [0.4, 0.5) is 5.69 Å². The van der Waals surface area contributed by atoms with Crippen molar-refractivity contribution >= 4 is 44.8 Å². The molecule has 6 nitrogen and oxygen atoms in total. The Bertz CT molecular complexity index is 1200. The molecule has 0 saturated carbocycles. The van der Waals surface area contributed by atoms with Crippen LogP contribution in [0.25, 0.3) is 0 Å². The summed E-state index contributed by atoms with van der Waals surface area (Å²) in [7, 11) is -2.55. The molecule has 168 valence electrons. The zero-order chi connectivity index (χ0) is 23.3. The number of anilines is 1. The molecule has 1 amide bonds. The van der Waals surface area contributed by atoms with Gasteiger partial charge in [0.15, 0.2) is 0 Å². The van der Waals surface area contributed by atoms with Crippen LogP contribution in [0, 0.1) is 0 Å². The van der Waals surface area contributed by atoms with Crippen molar-refractivity contribution in [3.05, 3.63) is 88.4 Å². The van der Waals surface area contributed by atoms with E-state index in [0.29, 0.717) is 5.75 Å². The molecule has 0 aliphatic rings. The number of amides is 1. The molecule has 1 atom stereocenters. The second-order valence-corrected chi connectivity index (χ2v) is 9.58. The van der Waals surface area contributed by atoms with E-state index in [2.05, 4.69) is 5.32 Å². The Morgan fingerprint density at radius 3 is 2.34 bits per heavy atom. The summed E-state index contributed by atoms with van der Waals surface area (Å²) in [5.41, 5.74) is 0.879. The fourth-order valence-electron chi connectivity index (χ4n) is 3.22. The monoisotopic (exact) mass is 492 g/mol. The molecule has 3 aromatic rings. The Hall–Kier alpha value is -2.74. The van der Waals surface area contributed by atoms with E-state index in [1.165, 1.54) is 18.2 Å². The Labute approximate surface area is 197 Å². The van der Waals surface area contributed by atoms with Crippen LogP contribution in [-0.2, 0) is 14.8 Å². The van der Waals surface area contributed by atoms with Crippen LogP contribution in [-0.4, -0.2) is 28.0 Å². The second kappa shape index (κ2) is 10.3. The average Bonchev–Trinajstić information content (AvgIpc) is 2.80. The predicted molar refractivity (Wildman–Crippen MR) is 127 cm³/mol. The fourth-order valence-corrected chi connectivity index (χ4v) is 5.13. The van der Waals surface area contributed by atoms with Crippen LogP contribution < -0.4 is 14.4 Å². The highest BCUT2D eigenvalue weighted by atomic mass is 35.5. The lowest BCUT2D eigenvalue weighted by Gasteiger charge is -2.26. The highest BCUT2D eigenvalue weighted by Gasteiger charge is 2.29. The number of halogens is 2. The van der Waals surface area contributed by atoms with Crippen molar-refractivity contribution in [2.75, 3.05) is 18.0 Å². The summed E-state index contributed by atoms with van der Waals surface area (Å²) in [6.07, 6.45) is 0. The van der Waals surface area contributed by atoms with Crippen molar-refractivity contribution in [1.29, 1.82) is 0 Å². The minimum atomic E-state index is -4.10. The summed E-state index contributed by atoms with van der Waals surface area (Å²) in [6.45, 7) is 1.30. The number of carbonyl (C=O) groups is 1. The number of carbonyl (C=O) groups excluding carboxylic acids is 1. The van der Waals surface area contributed by atoms with E-state index in [1.807, 2.05) is 18.2 Å². The molecule has 1 unspecified atom stereocenters. The van der Waals surface area contributed by atoms with Gasteiger partial charge in [-0.15, -0.1) is 0 Å². The summed E-state index contributed by atoms with van der Waals surface area (Å²) in [5, 5.41) is 3.05. The number of para-hydroxylation sites is 1. The molecule has 1 N–H and O–H groups in total. The number of rotatable bonds is 8. The van der Waals surface area contributed by atoms with Gasteiger partial charge in [0.2, 0.25) is 5.91 Å². The number of nitrogens with one attached hydrogen (secondary N) is 1. The van der Waals surface area contributed by atoms with Gasteiger partial charge in [-0.25, -0.2) is 8.42 Å². The minimum absolute atomic E-state index is 0.0293. The molecule has 0 aliphatic carbocycles. The van der Waals surface area contributed by atoms with E-state index in [0.717, 1.165) is 9.87 Å². The molecule has 0 aliphatic heterocycles. The van der Waals surface area contributed by atoms with Crippen molar-refractivity contribution in [2.24, 2.45) is 0 Å². The van der Waals surface area contributed by atoms with Gasteiger partial charge in [-0.3, -0.25) is 9.10 Å². The number of sulfonamides is 1. The average molecular weight is 493 g/mol. The maximum Gasteiger partial charge on any atom is 0.264 e. The SMILES string of the molecule is COc1ccccc1C(C)NC(=O)CN(c1cccc(Cl)c1Cl)S(=O)(=O)c1ccccc1. The first kappa shape index (κ1) is 23.9. The second-order valence-electron chi connectivity index (χ2n) is 6.93. The first-order chi connectivity index (χ1) is 15.3. The molecule has 0 heterocycles. The smallest absolute Gasteiger partial charge is 0.264 e. The topological polar surface area (TPSA) is 75.7 Å². The molecule has 0 radical (unpaired) electrons. The number of hydrogen-bond donors (Lipinski definition) is 1. The zero-order valence-electron chi connectivity index (χ0n) is 17.5. The lowest BCUT2D eigenvalue weighted by Crippen LogP contribution is -2.41. The van der Waals surface area contributed by atoms with Gasteiger partial charge in [-0.05, 0) is 37.3 Å². The summed E-state index contributed by atoms with van der Waals surface area (Å²) < 4.78 is 33.1. The maximum absolute atomic E-state index is 13.4. The molecule has 0 spiro atoms. The highest BCUT2D eigenvalue weighted by Crippen LogP contribution is 2.35. The van der Waals surface area contributed by atoms with Gasteiger partial charge >= 0.3 is 0 Å². The van der Waals surface area contributed by atoms with Crippen molar-refractivity contribution in [1.82, 2.24) is 5.32 Å². The van der Waals surface area contributed by atoms with Gasteiger partial charge in [0, 0.05) is 5.56 Å². The summed E-state index contributed by atoms with van der Waals surface area (Å²) in [5.74, 6) is 0.103. The normalized spacial score (nSPS) is 12.1. The van der Waals surface area contributed by atoms with E-state index >= 15 is 0 Å². The minimum Gasteiger partial charge on any atom is -0.496 e. The predicted octanol–water partition coefficient (Wildman–Crippen LogP) is 5.07. The molecule has 3 rings (SSSR count). The van der Waals surface area contributed by atoms with Gasteiger partial charge in [0.25, 0.3) is 10.0 Å². The summed E-state index contributed by atoms with van der Waals surface area (Å²) in [6, 6.07) is 19.3. The number of ether oxygens (including phenoxy) is 1. The Morgan fingerprint density at radius 2 is 1.66 bits per heavy atom. The third kappa shape index (κ3) is 5.18. The first-order valence-electron chi connectivity index (χ1n) is 9.69. The maximum atomic E-state index is 13.4. The van der Waals surface area contributed by atoms with Crippen molar-refractivity contribution < 1.29 is 17.9 Å². The first-order valence-corrected chi connectivity index (χ1v) is 11.9. The molecule has 3 aromatic carbocycles. The third-order valence-corrected chi connectivity index (χ3v) is 7.38. The van der Waals surface area contributed by atoms with Crippen LogP contribution >= 0.6 is 23.2 Å². The van der Waals surface area contributed by atoms with Crippen molar-refractivity contribution in [2.45, 2.75) is 17.9 Å².